The highest BCUT2D eigenvalue weighted by Gasteiger charge is 2.01. The van der Waals surface area contributed by atoms with Gasteiger partial charge < -0.3 is 15.4 Å². The number of hydrogen-bond acceptors (Lipinski definition) is 3. The molecular weight excluding hydrogens is 338 g/mol. The van der Waals surface area contributed by atoms with E-state index in [1.165, 1.54) is 0 Å². The van der Waals surface area contributed by atoms with Gasteiger partial charge in [0.25, 0.3) is 0 Å². The summed E-state index contributed by atoms with van der Waals surface area (Å²) >= 11 is 0. The van der Waals surface area contributed by atoms with Gasteiger partial charge in [0, 0.05) is 39.1 Å². The Balaban J connectivity index is 1.44. The predicted molar refractivity (Wildman–Crippen MR) is 108 cm³/mol. The van der Waals surface area contributed by atoms with E-state index in [-0.39, 0.29) is 0 Å². The molecule has 0 saturated heterocycles. The summed E-state index contributed by atoms with van der Waals surface area (Å²) < 4.78 is 7.81. The average molecular weight is 363 g/mol. The number of para-hydroxylation sites is 1. The first kappa shape index (κ1) is 18.5. The maximum absolute atomic E-state index is 5.89. The summed E-state index contributed by atoms with van der Waals surface area (Å²) in [5, 5.41) is 10.9. The Morgan fingerprint density at radius 2 is 1.89 bits per heavy atom. The van der Waals surface area contributed by atoms with E-state index in [2.05, 4.69) is 26.8 Å². The lowest BCUT2D eigenvalue weighted by molar-refractivity contribution is 0.482. The normalized spacial score (nSPS) is 11.2. The number of guanidine groups is 1. The lowest BCUT2D eigenvalue weighted by atomic mass is 10.2. The molecule has 0 amide bonds. The first-order chi connectivity index (χ1) is 13.3. The predicted octanol–water partition coefficient (Wildman–Crippen LogP) is 3.43. The maximum atomic E-state index is 5.89. The van der Waals surface area contributed by atoms with Gasteiger partial charge in [-0.05, 0) is 42.3 Å². The molecule has 27 heavy (non-hydrogen) atoms. The molecule has 6 nitrogen and oxygen atoms in total. The number of aromatic nitrogens is 2. The largest absolute Gasteiger partial charge is 0.457 e. The highest BCUT2D eigenvalue weighted by Crippen LogP contribution is 2.21. The molecule has 0 aliphatic heterocycles. The van der Waals surface area contributed by atoms with E-state index in [0.717, 1.165) is 42.5 Å². The fourth-order valence-corrected chi connectivity index (χ4v) is 2.63. The highest BCUT2D eigenvalue weighted by atomic mass is 16.5. The van der Waals surface area contributed by atoms with E-state index in [1.807, 2.05) is 65.5 Å². The average Bonchev–Trinajstić information content (AvgIpc) is 3.22. The second kappa shape index (κ2) is 10.0. The number of hydrogen-bond donors (Lipinski definition) is 2. The van der Waals surface area contributed by atoms with Gasteiger partial charge >= 0.3 is 0 Å². The topological polar surface area (TPSA) is 63.5 Å². The van der Waals surface area contributed by atoms with E-state index in [1.54, 1.807) is 13.2 Å². The fourth-order valence-electron chi connectivity index (χ4n) is 2.63. The van der Waals surface area contributed by atoms with Gasteiger partial charge in [0.05, 0.1) is 0 Å². The number of rotatable bonds is 8. The van der Waals surface area contributed by atoms with Crippen LogP contribution in [0, 0.1) is 0 Å². The second-order valence-electron chi connectivity index (χ2n) is 6.04. The molecule has 2 N–H and O–H groups in total. The Morgan fingerprint density at radius 3 is 2.67 bits per heavy atom. The van der Waals surface area contributed by atoms with E-state index in [0.29, 0.717) is 6.54 Å². The van der Waals surface area contributed by atoms with Crippen molar-refractivity contribution in [3.63, 3.8) is 0 Å². The van der Waals surface area contributed by atoms with Crippen LogP contribution in [0.4, 0.5) is 0 Å². The van der Waals surface area contributed by atoms with E-state index < -0.39 is 0 Å². The van der Waals surface area contributed by atoms with Crippen LogP contribution < -0.4 is 15.4 Å². The molecule has 0 saturated carbocycles. The number of ether oxygens (including phenoxy) is 1. The monoisotopic (exact) mass is 363 g/mol. The van der Waals surface area contributed by atoms with Gasteiger partial charge in [0.2, 0.25) is 0 Å². The van der Waals surface area contributed by atoms with Crippen LogP contribution in [0.3, 0.4) is 0 Å². The molecular formula is C21H25N5O. The van der Waals surface area contributed by atoms with E-state index in [4.69, 9.17) is 4.74 Å². The zero-order valence-electron chi connectivity index (χ0n) is 15.5. The lowest BCUT2D eigenvalue weighted by Crippen LogP contribution is -2.37. The molecule has 2 aromatic carbocycles. The van der Waals surface area contributed by atoms with Crippen LogP contribution in [0.2, 0.25) is 0 Å². The molecule has 0 spiro atoms. The third kappa shape index (κ3) is 6.18. The summed E-state index contributed by atoms with van der Waals surface area (Å²) in [5.41, 5.74) is 1.13. The maximum Gasteiger partial charge on any atom is 0.191 e. The lowest BCUT2D eigenvalue weighted by Gasteiger charge is -2.13. The van der Waals surface area contributed by atoms with Crippen LogP contribution in [0.1, 0.15) is 12.0 Å². The summed E-state index contributed by atoms with van der Waals surface area (Å²) in [5.74, 6) is 2.43. The first-order valence-corrected chi connectivity index (χ1v) is 9.07. The second-order valence-corrected chi connectivity index (χ2v) is 6.04. The summed E-state index contributed by atoms with van der Waals surface area (Å²) in [6.07, 6.45) is 4.74. The number of nitrogens with one attached hydrogen (secondary N) is 2. The molecule has 0 aliphatic rings. The standard InChI is InChI=1S/C21H25N5O/c1-22-21(23-12-6-14-26-15-7-13-25-26)24-17-18-8-5-11-20(16-18)27-19-9-3-2-4-10-19/h2-5,7-11,13,15-16H,6,12,14,17H2,1H3,(H2,22,23,24). The van der Waals surface area contributed by atoms with Crippen molar-refractivity contribution in [2.24, 2.45) is 4.99 Å². The molecule has 0 aliphatic carbocycles. The van der Waals surface area contributed by atoms with Gasteiger partial charge in [0.1, 0.15) is 11.5 Å². The molecule has 6 heteroatoms. The zero-order chi connectivity index (χ0) is 18.7. The Bertz CT molecular complexity index is 831. The molecule has 0 fully saturated rings. The minimum absolute atomic E-state index is 0.671. The molecule has 3 aromatic rings. The molecule has 3 rings (SSSR count). The van der Waals surface area contributed by atoms with Crippen LogP contribution in [-0.2, 0) is 13.1 Å². The summed E-state index contributed by atoms with van der Waals surface area (Å²) in [4.78, 5) is 4.27. The van der Waals surface area contributed by atoms with Gasteiger partial charge in [-0.1, -0.05) is 30.3 Å². The van der Waals surface area contributed by atoms with Gasteiger partial charge in [-0.15, -0.1) is 0 Å². The number of aliphatic imine (C=N–C) groups is 1. The molecule has 0 bridgehead atoms. The number of aryl methyl sites for hydroxylation is 1. The Morgan fingerprint density at radius 1 is 1.04 bits per heavy atom. The smallest absolute Gasteiger partial charge is 0.191 e. The Labute approximate surface area is 159 Å². The van der Waals surface area contributed by atoms with Crippen molar-refractivity contribution in [2.45, 2.75) is 19.5 Å². The number of benzene rings is 2. The molecule has 1 aromatic heterocycles. The molecule has 1 heterocycles. The quantitative estimate of drug-likeness (QED) is 0.366. The summed E-state index contributed by atoms with van der Waals surface area (Å²) in [7, 11) is 1.78. The van der Waals surface area contributed by atoms with Crippen LogP contribution in [0.15, 0.2) is 78.0 Å². The van der Waals surface area contributed by atoms with Crippen LogP contribution >= 0.6 is 0 Å². The van der Waals surface area contributed by atoms with Gasteiger partial charge in [-0.25, -0.2) is 0 Å². The van der Waals surface area contributed by atoms with E-state index in [9.17, 15) is 0 Å². The Hall–Kier alpha value is -3.28. The van der Waals surface area contributed by atoms with Crippen LogP contribution in [-0.4, -0.2) is 29.3 Å². The third-order valence-corrected chi connectivity index (χ3v) is 3.98. The minimum Gasteiger partial charge on any atom is -0.457 e. The third-order valence-electron chi connectivity index (χ3n) is 3.98. The van der Waals surface area contributed by atoms with Crippen molar-refractivity contribution >= 4 is 5.96 Å². The zero-order valence-corrected chi connectivity index (χ0v) is 15.5. The van der Waals surface area contributed by atoms with Crippen molar-refractivity contribution in [1.29, 1.82) is 0 Å². The fraction of sp³-hybridized carbons (Fsp3) is 0.238. The first-order valence-electron chi connectivity index (χ1n) is 9.07. The van der Waals surface area contributed by atoms with Crippen LogP contribution in [0.5, 0.6) is 11.5 Å². The Kier molecular flexibility index (Phi) is 6.86. The number of nitrogens with zero attached hydrogens (tertiary/aromatic N) is 3. The van der Waals surface area contributed by atoms with Crippen molar-refractivity contribution in [2.75, 3.05) is 13.6 Å². The molecule has 140 valence electrons. The van der Waals surface area contributed by atoms with Gasteiger partial charge in [-0.2, -0.15) is 5.10 Å². The van der Waals surface area contributed by atoms with Crippen molar-refractivity contribution in [3.05, 3.63) is 78.6 Å². The molecule has 0 radical (unpaired) electrons. The highest BCUT2D eigenvalue weighted by molar-refractivity contribution is 5.79. The summed E-state index contributed by atoms with van der Waals surface area (Å²) in [6.45, 7) is 2.39. The minimum atomic E-state index is 0.671. The van der Waals surface area contributed by atoms with Crippen molar-refractivity contribution < 1.29 is 4.74 Å². The SMILES string of the molecule is CN=C(NCCCn1cccn1)NCc1cccc(Oc2ccccc2)c1. The van der Waals surface area contributed by atoms with E-state index >= 15 is 0 Å². The van der Waals surface area contributed by atoms with Crippen LogP contribution in [0.25, 0.3) is 0 Å². The van der Waals surface area contributed by atoms with Crippen molar-refractivity contribution in [1.82, 2.24) is 20.4 Å². The van der Waals surface area contributed by atoms with Gasteiger partial charge in [-0.3, -0.25) is 9.67 Å². The molecule has 0 atom stereocenters. The summed E-state index contributed by atoms with van der Waals surface area (Å²) in [6, 6.07) is 19.8. The van der Waals surface area contributed by atoms with Gasteiger partial charge in [0.15, 0.2) is 5.96 Å². The molecule has 0 unspecified atom stereocenters. The van der Waals surface area contributed by atoms with Crippen molar-refractivity contribution in [3.8, 4) is 11.5 Å².